The largest absolute Gasteiger partial charge is 0.463 e. The van der Waals surface area contributed by atoms with Crippen LogP contribution in [0.3, 0.4) is 0 Å². The van der Waals surface area contributed by atoms with Gasteiger partial charge in [0.1, 0.15) is 19.3 Å². The number of ether oxygens (including phenoxy) is 2. The predicted octanol–water partition coefficient (Wildman–Crippen LogP) is 11.0. The fourth-order valence-corrected chi connectivity index (χ4v) is 5.20. The molecule has 0 spiro atoms. The lowest BCUT2D eigenvalue weighted by Gasteiger charge is -2.12. The number of esters is 2. The van der Waals surface area contributed by atoms with Crippen molar-refractivity contribution < 1.29 is 24.2 Å². The Morgan fingerprint density at radius 1 is 0.476 bits per heavy atom. The standard InChI is InChI=1S/C37H70O5/c1-3-5-7-9-11-13-15-17-18-20-22-24-26-28-30-32-37(40)42-34-35(38)33-41-36(39)31-29-27-25-23-21-19-16-14-12-10-8-6-4-2/h17-18,35,38H,3-16,19-34H2,1-2H3/b18-17+/t35-/m0/s1. The number of aliphatic hydroxyl groups is 1. The first-order valence-electron chi connectivity index (χ1n) is 18.2. The molecule has 0 heterocycles. The van der Waals surface area contributed by atoms with E-state index < -0.39 is 6.10 Å². The van der Waals surface area contributed by atoms with Crippen LogP contribution in [0.15, 0.2) is 12.2 Å². The fraction of sp³-hybridized carbons (Fsp3) is 0.892. The number of carbonyl (C=O) groups excluding carboxylic acids is 2. The zero-order valence-electron chi connectivity index (χ0n) is 28.0. The van der Waals surface area contributed by atoms with Gasteiger partial charge in [0, 0.05) is 12.8 Å². The maximum atomic E-state index is 11.9. The van der Waals surface area contributed by atoms with Gasteiger partial charge in [0.05, 0.1) is 0 Å². The van der Waals surface area contributed by atoms with Crippen LogP contribution >= 0.6 is 0 Å². The lowest BCUT2D eigenvalue weighted by Crippen LogP contribution is -2.25. The molecular formula is C37H70O5. The number of unbranched alkanes of at least 4 members (excludes halogenated alkanes) is 23. The smallest absolute Gasteiger partial charge is 0.305 e. The third kappa shape index (κ3) is 33.1. The Morgan fingerprint density at radius 3 is 1.10 bits per heavy atom. The summed E-state index contributed by atoms with van der Waals surface area (Å²) in [5.74, 6) is -0.568. The number of carbonyl (C=O) groups is 2. The lowest BCUT2D eigenvalue weighted by atomic mass is 10.0. The van der Waals surface area contributed by atoms with Crippen molar-refractivity contribution in [1.29, 1.82) is 0 Å². The van der Waals surface area contributed by atoms with Crippen molar-refractivity contribution >= 4 is 11.9 Å². The second kappa shape index (κ2) is 34.1. The fourth-order valence-electron chi connectivity index (χ4n) is 5.20. The highest BCUT2D eigenvalue weighted by molar-refractivity contribution is 5.69. The first-order valence-corrected chi connectivity index (χ1v) is 18.2. The average Bonchev–Trinajstić information content (AvgIpc) is 2.99. The number of allylic oxidation sites excluding steroid dienone is 2. The van der Waals surface area contributed by atoms with E-state index in [9.17, 15) is 14.7 Å². The molecule has 0 aliphatic heterocycles. The van der Waals surface area contributed by atoms with Gasteiger partial charge in [0.2, 0.25) is 0 Å². The average molecular weight is 595 g/mol. The molecule has 0 rings (SSSR count). The van der Waals surface area contributed by atoms with E-state index in [2.05, 4.69) is 26.0 Å². The minimum absolute atomic E-state index is 0.113. The maximum absolute atomic E-state index is 11.9. The van der Waals surface area contributed by atoms with Crippen molar-refractivity contribution in [3.05, 3.63) is 12.2 Å². The van der Waals surface area contributed by atoms with E-state index in [4.69, 9.17) is 9.47 Å². The van der Waals surface area contributed by atoms with Crippen LogP contribution in [-0.2, 0) is 19.1 Å². The highest BCUT2D eigenvalue weighted by Gasteiger charge is 2.12. The van der Waals surface area contributed by atoms with Gasteiger partial charge < -0.3 is 14.6 Å². The predicted molar refractivity (Wildman–Crippen MR) is 178 cm³/mol. The third-order valence-corrected chi connectivity index (χ3v) is 8.00. The minimum Gasteiger partial charge on any atom is -0.463 e. The summed E-state index contributed by atoms with van der Waals surface area (Å²) < 4.78 is 10.3. The van der Waals surface area contributed by atoms with Crippen molar-refractivity contribution in [2.24, 2.45) is 0 Å². The number of aliphatic hydroxyl groups excluding tert-OH is 1. The highest BCUT2D eigenvalue weighted by Crippen LogP contribution is 2.14. The molecule has 1 N–H and O–H groups in total. The van der Waals surface area contributed by atoms with Gasteiger partial charge >= 0.3 is 11.9 Å². The van der Waals surface area contributed by atoms with Crippen LogP contribution < -0.4 is 0 Å². The van der Waals surface area contributed by atoms with Crippen molar-refractivity contribution in [2.75, 3.05) is 13.2 Å². The molecule has 1 atom stereocenters. The van der Waals surface area contributed by atoms with Gasteiger partial charge in [-0.3, -0.25) is 9.59 Å². The number of hydrogen-bond donors (Lipinski definition) is 1. The topological polar surface area (TPSA) is 72.8 Å². The maximum Gasteiger partial charge on any atom is 0.305 e. The van der Waals surface area contributed by atoms with E-state index in [-0.39, 0.29) is 25.2 Å². The molecule has 0 aliphatic rings. The molecule has 0 saturated carbocycles. The molecular weight excluding hydrogens is 524 g/mol. The minimum atomic E-state index is -0.960. The van der Waals surface area contributed by atoms with Crippen LogP contribution in [0, 0.1) is 0 Å². The molecule has 0 aromatic rings. The van der Waals surface area contributed by atoms with Crippen molar-refractivity contribution in [3.8, 4) is 0 Å². The summed E-state index contributed by atoms with van der Waals surface area (Å²) >= 11 is 0. The van der Waals surface area contributed by atoms with Crippen LogP contribution in [0.25, 0.3) is 0 Å². The van der Waals surface area contributed by atoms with Gasteiger partial charge in [-0.1, -0.05) is 154 Å². The summed E-state index contributed by atoms with van der Waals surface area (Å²) in [6.45, 7) is 4.29. The Kier molecular flexibility index (Phi) is 33.0. The Bertz CT molecular complexity index is 603. The van der Waals surface area contributed by atoms with Crippen molar-refractivity contribution in [1.82, 2.24) is 0 Å². The summed E-state index contributed by atoms with van der Waals surface area (Å²) in [4.78, 5) is 23.8. The Labute approximate surface area is 261 Å². The first kappa shape index (κ1) is 40.6. The van der Waals surface area contributed by atoms with E-state index in [0.717, 1.165) is 38.5 Å². The number of hydrogen-bond acceptors (Lipinski definition) is 5. The summed E-state index contributed by atoms with van der Waals surface area (Å²) in [5, 5.41) is 9.97. The molecule has 5 heteroatoms. The molecule has 5 nitrogen and oxygen atoms in total. The molecule has 0 aliphatic carbocycles. The summed E-state index contributed by atoms with van der Waals surface area (Å²) in [6.07, 6.45) is 36.8. The van der Waals surface area contributed by atoms with Gasteiger partial charge in [-0.15, -0.1) is 0 Å². The summed E-state index contributed by atoms with van der Waals surface area (Å²) in [6, 6.07) is 0. The quantitative estimate of drug-likeness (QED) is 0.0465. The molecule has 42 heavy (non-hydrogen) atoms. The van der Waals surface area contributed by atoms with Crippen LogP contribution in [0.5, 0.6) is 0 Å². The molecule has 0 fully saturated rings. The highest BCUT2D eigenvalue weighted by atomic mass is 16.6. The lowest BCUT2D eigenvalue weighted by molar-refractivity contribution is -0.152. The van der Waals surface area contributed by atoms with E-state index in [1.165, 1.54) is 128 Å². The van der Waals surface area contributed by atoms with Gasteiger partial charge in [-0.2, -0.15) is 0 Å². The second-order valence-corrected chi connectivity index (χ2v) is 12.3. The summed E-state index contributed by atoms with van der Waals surface area (Å²) in [7, 11) is 0. The molecule has 0 aromatic carbocycles. The molecule has 0 unspecified atom stereocenters. The molecule has 0 saturated heterocycles. The van der Waals surface area contributed by atoms with Crippen LogP contribution in [0.2, 0.25) is 0 Å². The third-order valence-electron chi connectivity index (χ3n) is 8.00. The SMILES string of the molecule is CCCCCCCC/C=C/CCCCCCCC(=O)OC[C@@H](O)COC(=O)CCCCCCCCCCCCCCC. The van der Waals surface area contributed by atoms with Crippen LogP contribution in [-0.4, -0.2) is 36.4 Å². The van der Waals surface area contributed by atoms with Gasteiger partial charge in [-0.05, 0) is 38.5 Å². The Balaban J connectivity index is 3.42. The second-order valence-electron chi connectivity index (χ2n) is 12.3. The summed E-state index contributed by atoms with van der Waals surface area (Å²) in [5.41, 5.74) is 0. The van der Waals surface area contributed by atoms with Gasteiger partial charge in [0.25, 0.3) is 0 Å². The Morgan fingerprint density at radius 2 is 0.762 bits per heavy atom. The number of rotatable bonds is 33. The van der Waals surface area contributed by atoms with Crippen molar-refractivity contribution in [2.45, 2.75) is 200 Å². The van der Waals surface area contributed by atoms with Crippen molar-refractivity contribution in [3.63, 3.8) is 0 Å². The molecule has 0 aromatic heterocycles. The molecule has 0 bridgehead atoms. The van der Waals surface area contributed by atoms with Gasteiger partial charge in [-0.25, -0.2) is 0 Å². The van der Waals surface area contributed by atoms with Gasteiger partial charge in [0.15, 0.2) is 0 Å². The van der Waals surface area contributed by atoms with Crippen LogP contribution in [0.4, 0.5) is 0 Å². The van der Waals surface area contributed by atoms with E-state index in [1.54, 1.807) is 0 Å². The molecule has 248 valence electrons. The van der Waals surface area contributed by atoms with E-state index >= 15 is 0 Å². The first-order chi connectivity index (χ1) is 20.6. The monoisotopic (exact) mass is 595 g/mol. The van der Waals surface area contributed by atoms with E-state index in [1.807, 2.05) is 0 Å². The van der Waals surface area contributed by atoms with E-state index in [0.29, 0.717) is 12.8 Å². The Hall–Kier alpha value is -1.36. The zero-order valence-corrected chi connectivity index (χ0v) is 28.0. The molecule has 0 amide bonds. The molecule has 0 radical (unpaired) electrons. The van der Waals surface area contributed by atoms with Crippen LogP contribution in [0.1, 0.15) is 194 Å². The zero-order chi connectivity index (χ0) is 30.8. The normalized spacial score (nSPS) is 12.2.